The number of aromatic nitrogens is 1. The summed E-state index contributed by atoms with van der Waals surface area (Å²) in [6.07, 6.45) is 1.55. The first-order chi connectivity index (χ1) is 10.5. The van der Waals surface area contributed by atoms with Gasteiger partial charge in [-0.05, 0) is 34.1 Å². The number of carbonyl (C=O) groups is 2. The lowest BCUT2D eigenvalue weighted by molar-refractivity contribution is -0.136. The molecular weight excluding hydrogens is 360 g/mol. The molecule has 1 aromatic carbocycles. The quantitative estimate of drug-likeness (QED) is 0.816. The SMILES string of the molecule is O=C(NCc1ccccn1)C(=O)Nc1c(F)cc(F)cc1Br. The predicted octanol–water partition coefficient (Wildman–Crippen LogP) is 2.38. The maximum Gasteiger partial charge on any atom is 0.313 e. The van der Waals surface area contributed by atoms with Crippen LogP contribution in [0.4, 0.5) is 14.5 Å². The lowest BCUT2D eigenvalue weighted by atomic mass is 10.3. The second kappa shape index (κ2) is 7.08. The number of amides is 2. The van der Waals surface area contributed by atoms with Crippen molar-refractivity contribution in [2.75, 3.05) is 5.32 Å². The highest BCUT2D eigenvalue weighted by atomic mass is 79.9. The average molecular weight is 370 g/mol. The van der Waals surface area contributed by atoms with E-state index in [2.05, 4.69) is 31.5 Å². The molecule has 0 saturated heterocycles. The molecule has 0 saturated carbocycles. The third-order valence-electron chi connectivity index (χ3n) is 2.61. The molecule has 0 fully saturated rings. The summed E-state index contributed by atoms with van der Waals surface area (Å²) in [6, 6.07) is 6.71. The summed E-state index contributed by atoms with van der Waals surface area (Å²) in [5.74, 6) is -3.82. The Kier molecular flexibility index (Phi) is 5.16. The minimum Gasteiger partial charge on any atom is -0.342 e. The zero-order chi connectivity index (χ0) is 16.1. The lowest BCUT2D eigenvalue weighted by Gasteiger charge is -2.09. The molecule has 114 valence electrons. The largest absolute Gasteiger partial charge is 0.342 e. The molecule has 0 bridgehead atoms. The number of benzene rings is 1. The molecule has 0 atom stereocenters. The number of carbonyl (C=O) groups excluding carboxylic acids is 2. The number of pyridine rings is 1. The predicted molar refractivity (Wildman–Crippen MR) is 78.8 cm³/mol. The zero-order valence-corrected chi connectivity index (χ0v) is 12.7. The van der Waals surface area contributed by atoms with Crippen LogP contribution in [0.2, 0.25) is 0 Å². The first-order valence-corrected chi connectivity index (χ1v) is 6.90. The molecule has 0 aliphatic heterocycles. The molecule has 8 heteroatoms. The van der Waals surface area contributed by atoms with Gasteiger partial charge in [-0.3, -0.25) is 14.6 Å². The van der Waals surface area contributed by atoms with E-state index in [1.807, 2.05) is 0 Å². The normalized spacial score (nSPS) is 10.1. The van der Waals surface area contributed by atoms with Crippen molar-refractivity contribution >= 4 is 33.4 Å². The van der Waals surface area contributed by atoms with Gasteiger partial charge in [-0.25, -0.2) is 8.78 Å². The highest BCUT2D eigenvalue weighted by Gasteiger charge is 2.18. The third-order valence-corrected chi connectivity index (χ3v) is 3.23. The van der Waals surface area contributed by atoms with Gasteiger partial charge < -0.3 is 10.6 Å². The second-order valence-corrected chi connectivity index (χ2v) is 5.06. The van der Waals surface area contributed by atoms with Crippen molar-refractivity contribution in [2.45, 2.75) is 6.54 Å². The van der Waals surface area contributed by atoms with E-state index in [0.29, 0.717) is 11.8 Å². The molecule has 1 aromatic heterocycles. The fourth-order valence-electron chi connectivity index (χ4n) is 1.59. The second-order valence-electron chi connectivity index (χ2n) is 4.20. The molecule has 0 radical (unpaired) electrons. The monoisotopic (exact) mass is 369 g/mol. The molecule has 22 heavy (non-hydrogen) atoms. The van der Waals surface area contributed by atoms with E-state index in [4.69, 9.17) is 0 Å². The molecule has 1 heterocycles. The van der Waals surface area contributed by atoms with Crippen LogP contribution in [0.15, 0.2) is 41.0 Å². The van der Waals surface area contributed by atoms with Gasteiger partial charge in [0.05, 0.1) is 17.9 Å². The van der Waals surface area contributed by atoms with E-state index in [9.17, 15) is 18.4 Å². The minimum absolute atomic E-state index is 0.00382. The number of nitrogens with zero attached hydrogens (tertiary/aromatic N) is 1. The summed E-state index contributed by atoms with van der Waals surface area (Å²) in [6.45, 7) is 0.0557. The topological polar surface area (TPSA) is 71.1 Å². The van der Waals surface area contributed by atoms with Gasteiger partial charge in [0, 0.05) is 16.7 Å². The van der Waals surface area contributed by atoms with Gasteiger partial charge in [0.15, 0.2) is 5.82 Å². The molecule has 0 unspecified atom stereocenters. The Balaban J connectivity index is 1.99. The standard InChI is InChI=1S/C14H10BrF2N3O2/c15-10-5-8(16)6-11(17)12(10)20-14(22)13(21)19-7-9-3-1-2-4-18-9/h1-6H,7H2,(H,19,21)(H,20,22). The zero-order valence-electron chi connectivity index (χ0n) is 11.1. The minimum atomic E-state index is -1.07. The van der Waals surface area contributed by atoms with Crippen molar-refractivity contribution in [1.29, 1.82) is 0 Å². The number of hydrogen-bond acceptors (Lipinski definition) is 3. The van der Waals surface area contributed by atoms with Gasteiger partial charge in [-0.1, -0.05) is 6.07 Å². The van der Waals surface area contributed by atoms with Crippen LogP contribution in [0.1, 0.15) is 5.69 Å². The maximum absolute atomic E-state index is 13.6. The number of hydrogen-bond donors (Lipinski definition) is 2. The molecule has 2 N–H and O–H groups in total. The third kappa shape index (κ3) is 4.08. The molecule has 0 aliphatic rings. The van der Waals surface area contributed by atoms with Gasteiger partial charge in [0.25, 0.3) is 0 Å². The maximum atomic E-state index is 13.6. The van der Waals surface area contributed by atoms with E-state index in [1.165, 1.54) is 0 Å². The molecule has 0 spiro atoms. The van der Waals surface area contributed by atoms with Crippen LogP contribution < -0.4 is 10.6 Å². The molecule has 2 aromatic rings. The Morgan fingerprint density at radius 1 is 1.18 bits per heavy atom. The van der Waals surface area contributed by atoms with Crippen molar-refractivity contribution in [1.82, 2.24) is 10.3 Å². The average Bonchev–Trinajstić information content (AvgIpc) is 2.49. The van der Waals surface area contributed by atoms with Crippen molar-refractivity contribution in [2.24, 2.45) is 0 Å². The summed E-state index contributed by atoms with van der Waals surface area (Å²) in [7, 11) is 0. The summed E-state index contributed by atoms with van der Waals surface area (Å²) in [5, 5.41) is 4.43. The highest BCUT2D eigenvalue weighted by molar-refractivity contribution is 9.10. The number of rotatable bonds is 3. The Labute approximate surface area is 132 Å². The molecule has 0 aliphatic carbocycles. The van der Waals surface area contributed by atoms with Crippen molar-refractivity contribution in [3.63, 3.8) is 0 Å². The van der Waals surface area contributed by atoms with Gasteiger partial charge in [0.1, 0.15) is 5.82 Å². The van der Waals surface area contributed by atoms with E-state index >= 15 is 0 Å². The lowest BCUT2D eigenvalue weighted by Crippen LogP contribution is -2.35. The number of anilines is 1. The fourth-order valence-corrected chi connectivity index (χ4v) is 2.09. The van der Waals surface area contributed by atoms with Crippen LogP contribution in [-0.4, -0.2) is 16.8 Å². The highest BCUT2D eigenvalue weighted by Crippen LogP contribution is 2.26. The van der Waals surface area contributed by atoms with Crippen LogP contribution in [0.25, 0.3) is 0 Å². The first-order valence-electron chi connectivity index (χ1n) is 6.11. The number of nitrogens with one attached hydrogen (secondary N) is 2. The van der Waals surface area contributed by atoms with Gasteiger partial charge >= 0.3 is 11.8 Å². The first kappa shape index (κ1) is 16.0. The van der Waals surface area contributed by atoms with Crippen molar-refractivity contribution in [3.8, 4) is 0 Å². The summed E-state index contributed by atoms with van der Waals surface area (Å²) in [5.41, 5.74) is 0.261. The Hall–Kier alpha value is -2.35. The van der Waals surface area contributed by atoms with E-state index in [1.54, 1.807) is 24.4 Å². The fraction of sp³-hybridized carbons (Fsp3) is 0.0714. The van der Waals surface area contributed by atoms with Crippen LogP contribution in [0.3, 0.4) is 0 Å². The van der Waals surface area contributed by atoms with Crippen molar-refractivity contribution in [3.05, 3.63) is 58.3 Å². The summed E-state index contributed by atoms with van der Waals surface area (Å²) >= 11 is 2.91. The van der Waals surface area contributed by atoms with Crippen LogP contribution >= 0.6 is 15.9 Å². The van der Waals surface area contributed by atoms with Crippen LogP contribution in [0, 0.1) is 11.6 Å². The van der Waals surface area contributed by atoms with E-state index in [-0.39, 0.29) is 16.7 Å². The molecule has 2 amide bonds. The Bertz CT molecular complexity index is 687. The van der Waals surface area contributed by atoms with Crippen molar-refractivity contribution < 1.29 is 18.4 Å². The summed E-state index contributed by atoms with van der Waals surface area (Å²) < 4.78 is 26.5. The van der Waals surface area contributed by atoms with Crippen LogP contribution in [-0.2, 0) is 16.1 Å². The van der Waals surface area contributed by atoms with Gasteiger partial charge in [-0.2, -0.15) is 0 Å². The van der Waals surface area contributed by atoms with Gasteiger partial charge in [0.2, 0.25) is 0 Å². The van der Waals surface area contributed by atoms with E-state index < -0.39 is 23.4 Å². The molecule has 2 rings (SSSR count). The Morgan fingerprint density at radius 2 is 1.95 bits per heavy atom. The number of halogens is 3. The van der Waals surface area contributed by atoms with Gasteiger partial charge in [-0.15, -0.1) is 0 Å². The molecular formula is C14H10BrF2N3O2. The smallest absolute Gasteiger partial charge is 0.313 e. The van der Waals surface area contributed by atoms with Crippen LogP contribution in [0.5, 0.6) is 0 Å². The Morgan fingerprint density at radius 3 is 2.59 bits per heavy atom. The summed E-state index contributed by atoms with van der Waals surface area (Å²) in [4.78, 5) is 27.3. The van der Waals surface area contributed by atoms with E-state index in [0.717, 1.165) is 6.07 Å². The molecule has 5 nitrogen and oxygen atoms in total.